The molecule has 1 saturated heterocycles. The number of methoxy groups -OCH3 is 1. The number of sulfonamides is 1. The molecule has 1 aromatic carbocycles. The van der Waals surface area contributed by atoms with Crippen molar-refractivity contribution in [3.63, 3.8) is 0 Å². The molecule has 2 rings (SSSR count). The van der Waals surface area contributed by atoms with Gasteiger partial charge in [-0.2, -0.15) is 0 Å². The molecular weight excluding hydrogens is 340 g/mol. The Morgan fingerprint density at radius 3 is 2.56 bits per heavy atom. The van der Waals surface area contributed by atoms with Gasteiger partial charge in [-0.1, -0.05) is 13.3 Å². The maximum atomic E-state index is 12.8. The SMILES string of the molecule is CCC[C@H](C)NS(=O)(=O)c1ccc(OC)c(C(=O)N2CCCCC2)c1. The summed E-state index contributed by atoms with van der Waals surface area (Å²) in [6.45, 7) is 5.24. The Labute approximate surface area is 150 Å². The summed E-state index contributed by atoms with van der Waals surface area (Å²) in [5.41, 5.74) is 0.301. The van der Waals surface area contributed by atoms with Gasteiger partial charge in [0.15, 0.2) is 0 Å². The lowest BCUT2D eigenvalue weighted by Crippen LogP contribution is -2.36. The molecule has 1 aliphatic rings. The molecule has 25 heavy (non-hydrogen) atoms. The Morgan fingerprint density at radius 2 is 1.96 bits per heavy atom. The number of amides is 1. The minimum absolute atomic E-state index is 0.0941. The number of carbonyl (C=O) groups excluding carboxylic acids is 1. The van der Waals surface area contributed by atoms with Crippen LogP contribution in [0.2, 0.25) is 0 Å². The molecular formula is C18H28N2O4S. The Bertz CT molecular complexity index is 697. The summed E-state index contributed by atoms with van der Waals surface area (Å²) < 4.78 is 33.1. The average molecular weight is 368 g/mol. The van der Waals surface area contributed by atoms with Crippen molar-refractivity contribution in [1.82, 2.24) is 9.62 Å². The van der Waals surface area contributed by atoms with E-state index in [2.05, 4.69) is 4.72 Å². The highest BCUT2D eigenvalue weighted by Gasteiger charge is 2.25. The van der Waals surface area contributed by atoms with Crippen molar-refractivity contribution >= 4 is 15.9 Å². The standard InChI is InChI=1S/C18H28N2O4S/c1-4-8-14(2)19-25(22,23)15-9-10-17(24-3)16(13-15)18(21)20-11-6-5-7-12-20/h9-10,13-14,19H,4-8,11-12H2,1-3H3/t14-/m0/s1. The second-order valence-corrected chi connectivity index (χ2v) is 8.24. The van der Waals surface area contributed by atoms with Gasteiger partial charge in [0.2, 0.25) is 10.0 Å². The second kappa shape index (κ2) is 8.67. The Kier molecular flexibility index (Phi) is 6.84. The first-order valence-electron chi connectivity index (χ1n) is 8.88. The summed E-state index contributed by atoms with van der Waals surface area (Å²) in [5.74, 6) is 0.228. The smallest absolute Gasteiger partial charge is 0.257 e. The predicted octanol–water partition coefficient (Wildman–Crippen LogP) is 2.79. The van der Waals surface area contributed by atoms with Gasteiger partial charge >= 0.3 is 0 Å². The molecule has 1 fully saturated rings. The van der Waals surface area contributed by atoms with Crippen molar-refractivity contribution in [3.05, 3.63) is 23.8 Å². The summed E-state index contributed by atoms with van der Waals surface area (Å²) in [4.78, 5) is 14.7. The van der Waals surface area contributed by atoms with E-state index in [0.717, 1.165) is 32.1 Å². The fourth-order valence-electron chi connectivity index (χ4n) is 3.11. The molecule has 0 spiro atoms. The molecule has 0 unspecified atom stereocenters. The first kappa shape index (κ1) is 19.7. The minimum atomic E-state index is -3.67. The number of hydrogen-bond acceptors (Lipinski definition) is 4. The van der Waals surface area contributed by atoms with Gasteiger partial charge in [-0.15, -0.1) is 0 Å². The van der Waals surface area contributed by atoms with Gasteiger partial charge in [-0.25, -0.2) is 13.1 Å². The highest BCUT2D eigenvalue weighted by Crippen LogP contribution is 2.25. The third kappa shape index (κ3) is 4.95. The lowest BCUT2D eigenvalue weighted by molar-refractivity contribution is 0.0720. The van der Waals surface area contributed by atoms with Crippen LogP contribution < -0.4 is 9.46 Å². The van der Waals surface area contributed by atoms with Gasteiger partial charge in [0.05, 0.1) is 17.6 Å². The summed E-state index contributed by atoms with van der Waals surface area (Å²) in [6, 6.07) is 4.30. The van der Waals surface area contributed by atoms with E-state index in [4.69, 9.17) is 4.74 Å². The lowest BCUT2D eigenvalue weighted by Gasteiger charge is -2.27. The molecule has 140 valence electrons. The van der Waals surface area contributed by atoms with Crippen molar-refractivity contribution in [1.29, 1.82) is 0 Å². The summed E-state index contributed by atoms with van der Waals surface area (Å²) in [7, 11) is -2.19. The molecule has 7 heteroatoms. The molecule has 1 heterocycles. The number of nitrogens with zero attached hydrogens (tertiary/aromatic N) is 1. The molecule has 0 bridgehead atoms. The zero-order valence-corrected chi connectivity index (χ0v) is 16.1. The number of hydrogen-bond donors (Lipinski definition) is 1. The van der Waals surface area contributed by atoms with E-state index in [-0.39, 0.29) is 16.8 Å². The molecule has 1 N–H and O–H groups in total. The number of carbonyl (C=O) groups is 1. The molecule has 1 amide bonds. The van der Waals surface area contributed by atoms with Gasteiger partial charge < -0.3 is 9.64 Å². The monoisotopic (exact) mass is 368 g/mol. The summed E-state index contributed by atoms with van der Waals surface area (Å²) in [5, 5.41) is 0. The van der Waals surface area contributed by atoms with Crippen molar-refractivity contribution in [2.75, 3.05) is 20.2 Å². The topological polar surface area (TPSA) is 75.7 Å². The van der Waals surface area contributed by atoms with Crippen LogP contribution in [0.4, 0.5) is 0 Å². The van der Waals surface area contributed by atoms with Crippen molar-refractivity contribution in [2.24, 2.45) is 0 Å². The van der Waals surface area contributed by atoms with Crippen LogP contribution in [0.3, 0.4) is 0 Å². The van der Waals surface area contributed by atoms with Crippen LogP contribution in [-0.4, -0.2) is 45.5 Å². The van der Waals surface area contributed by atoms with E-state index in [1.165, 1.54) is 19.2 Å². The normalized spacial score (nSPS) is 16.5. The van der Waals surface area contributed by atoms with E-state index in [1.807, 2.05) is 13.8 Å². The van der Waals surface area contributed by atoms with Gasteiger partial charge in [0.25, 0.3) is 5.91 Å². The highest BCUT2D eigenvalue weighted by molar-refractivity contribution is 7.89. The zero-order valence-electron chi connectivity index (χ0n) is 15.2. The van der Waals surface area contributed by atoms with Crippen molar-refractivity contribution in [3.8, 4) is 5.75 Å². The fraction of sp³-hybridized carbons (Fsp3) is 0.611. The first-order valence-corrected chi connectivity index (χ1v) is 10.4. The molecule has 1 atom stereocenters. The van der Waals surface area contributed by atoms with E-state index in [9.17, 15) is 13.2 Å². The molecule has 0 aliphatic carbocycles. The fourth-order valence-corrected chi connectivity index (χ4v) is 4.42. The van der Waals surface area contributed by atoms with Gasteiger partial charge in [0.1, 0.15) is 5.75 Å². The number of likely N-dealkylation sites (tertiary alicyclic amines) is 1. The minimum Gasteiger partial charge on any atom is -0.496 e. The van der Waals surface area contributed by atoms with Gasteiger partial charge in [-0.3, -0.25) is 4.79 Å². The van der Waals surface area contributed by atoms with Crippen LogP contribution >= 0.6 is 0 Å². The lowest BCUT2D eigenvalue weighted by atomic mass is 10.1. The molecule has 0 aromatic heterocycles. The number of ether oxygens (including phenoxy) is 1. The molecule has 1 aromatic rings. The summed E-state index contributed by atoms with van der Waals surface area (Å²) in [6.07, 6.45) is 4.72. The maximum Gasteiger partial charge on any atom is 0.257 e. The van der Waals surface area contributed by atoms with E-state index in [0.29, 0.717) is 24.4 Å². The van der Waals surface area contributed by atoms with E-state index < -0.39 is 10.0 Å². The van der Waals surface area contributed by atoms with E-state index >= 15 is 0 Å². The molecule has 1 aliphatic heterocycles. The Hall–Kier alpha value is -1.60. The van der Waals surface area contributed by atoms with Crippen LogP contribution in [-0.2, 0) is 10.0 Å². The quantitative estimate of drug-likeness (QED) is 0.803. The highest BCUT2D eigenvalue weighted by atomic mass is 32.2. The van der Waals surface area contributed by atoms with Crippen molar-refractivity contribution in [2.45, 2.75) is 56.9 Å². The number of benzene rings is 1. The van der Waals surface area contributed by atoms with E-state index in [1.54, 1.807) is 11.0 Å². The van der Waals surface area contributed by atoms with Gasteiger partial charge in [0, 0.05) is 19.1 Å². The first-order chi connectivity index (χ1) is 11.9. The van der Waals surface area contributed by atoms with Crippen LogP contribution in [0.25, 0.3) is 0 Å². The molecule has 6 nitrogen and oxygen atoms in total. The largest absolute Gasteiger partial charge is 0.496 e. The number of rotatable bonds is 7. The number of piperidine rings is 1. The Morgan fingerprint density at radius 1 is 1.28 bits per heavy atom. The predicted molar refractivity (Wildman–Crippen MR) is 97.4 cm³/mol. The van der Waals surface area contributed by atoms with Crippen LogP contribution in [0.15, 0.2) is 23.1 Å². The average Bonchev–Trinajstić information content (AvgIpc) is 2.61. The second-order valence-electron chi connectivity index (χ2n) is 6.53. The molecule has 0 radical (unpaired) electrons. The third-order valence-corrected chi connectivity index (χ3v) is 6.02. The van der Waals surface area contributed by atoms with Crippen LogP contribution in [0.1, 0.15) is 56.3 Å². The Balaban J connectivity index is 2.31. The summed E-state index contributed by atoms with van der Waals surface area (Å²) >= 11 is 0. The zero-order chi connectivity index (χ0) is 18.4. The maximum absolute atomic E-state index is 12.8. The van der Waals surface area contributed by atoms with Crippen LogP contribution in [0, 0.1) is 0 Å². The van der Waals surface area contributed by atoms with Gasteiger partial charge in [-0.05, 0) is 50.8 Å². The third-order valence-electron chi connectivity index (χ3n) is 4.43. The van der Waals surface area contributed by atoms with Crippen LogP contribution in [0.5, 0.6) is 5.75 Å². The molecule has 0 saturated carbocycles. The number of nitrogens with one attached hydrogen (secondary N) is 1. The van der Waals surface area contributed by atoms with Crippen molar-refractivity contribution < 1.29 is 17.9 Å².